The van der Waals surface area contributed by atoms with Gasteiger partial charge < -0.3 is 14.3 Å². The summed E-state index contributed by atoms with van der Waals surface area (Å²) in [5.74, 6) is 1.94. The Morgan fingerprint density at radius 2 is 1.65 bits per heavy atom. The van der Waals surface area contributed by atoms with Gasteiger partial charge in [-0.25, -0.2) is 0 Å². The van der Waals surface area contributed by atoms with E-state index in [1.54, 1.807) is 6.92 Å². The number of ketones is 1. The van der Waals surface area contributed by atoms with E-state index in [1.165, 1.54) is 0 Å². The van der Waals surface area contributed by atoms with Crippen LogP contribution >= 0.6 is 0 Å². The Morgan fingerprint density at radius 3 is 2.18 bits per heavy atom. The van der Waals surface area contributed by atoms with E-state index in [-0.39, 0.29) is 5.78 Å². The molecule has 94 valence electrons. The molecule has 1 aromatic rings. The van der Waals surface area contributed by atoms with Crippen LogP contribution in [0.25, 0.3) is 0 Å². The van der Waals surface area contributed by atoms with Crippen molar-refractivity contribution in [3.05, 3.63) is 24.3 Å². The van der Waals surface area contributed by atoms with Gasteiger partial charge in [-0.3, -0.25) is 0 Å². The van der Waals surface area contributed by atoms with Crippen LogP contribution < -0.4 is 9.47 Å². The monoisotopic (exact) mass is 236 g/mol. The molecule has 0 bridgehead atoms. The number of carbonyl (C=O) groups is 1. The zero-order valence-electron chi connectivity index (χ0n) is 10.6. The summed E-state index contributed by atoms with van der Waals surface area (Å²) in [5, 5.41) is 0. The van der Waals surface area contributed by atoms with E-state index >= 15 is 0 Å². The van der Waals surface area contributed by atoms with E-state index in [2.05, 4.69) is 0 Å². The molecule has 0 radical (unpaired) electrons. The van der Waals surface area contributed by atoms with Gasteiger partial charge in [-0.15, -0.1) is 0 Å². The van der Waals surface area contributed by atoms with Gasteiger partial charge >= 0.3 is 0 Å². The van der Waals surface area contributed by atoms with Gasteiger partial charge in [-0.2, -0.15) is 0 Å². The van der Waals surface area contributed by atoms with E-state index < -0.39 is 0 Å². The summed E-state index contributed by atoms with van der Waals surface area (Å²) in [6.07, 6.45) is 2.45. The van der Waals surface area contributed by atoms with Crippen LogP contribution in [-0.2, 0) is 4.79 Å². The van der Waals surface area contributed by atoms with E-state index in [4.69, 9.17) is 9.47 Å². The molecule has 0 amide bonds. The molecule has 0 spiro atoms. The Hall–Kier alpha value is -1.51. The zero-order chi connectivity index (χ0) is 12.5. The average molecular weight is 236 g/mol. The fraction of sp³-hybridized carbons (Fsp3) is 0.500. The number of ether oxygens (including phenoxy) is 2. The first-order valence-electron chi connectivity index (χ1n) is 6.07. The molecule has 0 fully saturated rings. The Morgan fingerprint density at radius 1 is 1.06 bits per heavy atom. The Bertz CT molecular complexity index is 330. The summed E-state index contributed by atoms with van der Waals surface area (Å²) in [7, 11) is 0. The molecule has 3 nitrogen and oxygen atoms in total. The molecule has 0 aliphatic carbocycles. The summed E-state index contributed by atoms with van der Waals surface area (Å²) in [6, 6.07) is 7.59. The highest BCUT2D eigenvalue weighted by atomic mass is 16.5. The van der Waals surface area contributed by atoms with E-state index in [9.17, 15) is 4.79 Å². The predicted molar refractivity (Wildman–Crippen MR) is 67.6 cm³/mol. The van der Waals surface area contributed by atoms with Crippen molar-refractivity contribution in [3.63, 3.8) is 0 Å². The maximum absolute atomic E-state index is 10.7. The molecule has 0 N–H and O–H groups in total. The summed E-state index contributed by atoms with van der Waals surface area (Å²) >= 11 is 0. The third-order valence-electron chi connectivity index (χ3n) is 2.33. The largest absolute Gasteiger partial charge is 0.494 e. The minimum atomic E-state index is 0.242. The fourth-order valence-corrected chi connectivity index (χ4v) is 1.46. The van der Waals surface area contributed by atoms with E-state index in [0.717, 1.165) is 24.3 Å². The van der Waals surface area contributed by atoms with Crippen LogP contribution in [0.1, 0.15) is 33.1 Å². The summed E-state index contributed by atoms with van der Waals surface area (Å²) in [5.41, 5.74) is 0. The molecule has 0 aromatic heterocycles. The first-order valence-corrected chi connectivity index (χ1v) is 6.07. The molecule has 1 rings (SSSR count). The Kier molecular flexibility index (Phi) is 6.15. The van der Waals surface area contributed by atoms with Crippen molar-refractivity contribution in [2.24, 2.45) is 0 Å². The molecule has 0 aliphatic heterocycles. The third-order valence-corrected chi connectivity index (χ3v) is 2.33. The van der Waals surface area contributed by atoms with Crippen molar-refractivity contribution in [2.45, 2.75) is 33.1 Å². The van der Waals surface area contributed by atoms with Crippen molar-refractivity contribution < 1.29 is 14.3 Å². The van der Waals surface area contributed by atoms with Crippen molar-refractivity contribution in [1.29, 1.82) is 0 Å². The normalized spacial score (nSPS) is 10.0. The number of unbranched alkanes of at least 4 members (excludes halogenated alkanes) is 1. The third kappa shape index (κ3) is 5.95. The van der Waals surface area contributed by atoms with Crippen LogP contribution in [0.15, 0.2) is 24.3 Å². The topological polar surface area (TPSA) is 35.5 Å². The van der Waals surface area contributed by atoms with Crippen LogP contribution in [0, 0.1) is 0 Å². The fourth-order valence-electron chi connectivity index (χ4n) is 1.46. The first-order chi connectivity index (χ1) is 8.22. The van der Waals surface area contributed by atoms with E-state index in [1.807, 2.05) is 31.2 Å². The summed E-state index contributed by atoms with van der Waals surface area (Å²) in [4.78, 5) is 10.7. The smallest absolute Gasteiger partial charge is 0.129 e. The number of rotatable bonds is 8. The maximum Gasteiger partial charge on any atom is 0.129 e. The van der Waals surface area contributed by atoms with Crippen LogP contribution in [0.5, 0.6) is 11.5 Å². The number of carbonyl (C=O) groups excluding carboxylic acids is 1. The molecule has 0 atom stereocenters. The van der Waals surface area contributed by atoms with Crippen molar-refractivity contribution in [2.75, 3.05) is 13.2 Å². The molecule has 1 aromatic carbocycles. The molecule has 0 heterocycles. The van der Waals surface area contributed by atoms with Gasteiger partial charge in [-0.1, -0.05) is 0 Å². The summed E-state index contributed by atoms with van der Waals surface area (Å²) < 4.78 is 10.9. The number of benzene rings is 1. The van der Waals surface area contributed by atoms with Crippen molar-refractivity contribution in [3.8, 4) is 11.5 Å². The van der Waals surface area contributed by atoms with Crippen LogP contribution in [0.2, 0.25) is 0 Å². The quantitative estimate of drug-likeness (QED) is 0.650. The van der Waals surface area contributed by atoms with Gasteiger partial charge in [0.05, 0.1) is 13.2 Å². The van der Waals surface area contributed by atoms with Crippen LogP contribution in [0.4, 0.5) is 0 Å². The van der Waals surface area contributed by atoms with Gasteiger partial charge in [-0.05, 0) is 51.0 Å². The molecule has 0 saturated carbocycles. The molecule has 0 aliphatic rings. The second-order valence-electron chi connectivity index (χ2n) is 3.91. The second kappa shape index (κ2) is 7.71. The first kappa shape index (κ1) is 13.6. The Balaban J connectivity index is 2.20. The van der Waals surface area contributed by atoms with E-state index in [0.29, 0.717) is 19.6 Å². The lowest BCUT2D eigenvalue weighted by molar-refractivity contribution is -0.117. The van der Waals surface area contributed by atoms with Crippen LogP contribution in [0.3, 0.4) is 0 Å². The van der Waals surface area contributed by atoms with Crippen molar-refractivity contribution >= 4 is 5.78 Å². The predicted octanol–water partition coefficient (Wildman–Crippen LogP) is 3.22. The molecular weight excluding hydrogens is 216 g/mol. The Labute approximate surface area is 103 Å². The average Bonchev–Trinajstić information content (AvgIpc) is 2.31. The highest BCUT2D eigenvalue weighted by Crippen LogP contribution is 2.17. The lowest BCUT2D eigenvalue weighted by atomic mass is 10.2. The number of hydrogen-bond acceptors (Lipinski definition) is 3. The minimum absolute atomic E-state index is 0.242. The highest BCUT2D eigenvalue weighted by molar-refractivity contribution is 5.75. The SMILES string of the molecule is CCOc1ccc(OCCCCC(C)=O)cc1. The highest BCUT2D eigenvalue weighted by Gasteiger charge is 1.97. The summed E-state index contributed by atoms with van der Waals surface area (Å²) in [6.45, 7) is 4.90. The van der Waals surface area contributed by atoms with Crippen LogP contribution in [-0.4, -0.2) is 19.0 Å². The molecule has 0 unspecified atom stereocenters. The van der Waals surface area contributed by atoms with Gasteiger partial charge in [0.25, 0.3) is 0 Å². The van der Waals surface area contributed by atoms with Gasteiger partial charge in [0.15, 0.2) is 0 Å². The maximum atomic E-state index is 10.7. The molecule has 17 heavy (non-hydrogen) atoms. The van der Waals surface area contributed by atoms with Crippen molar-refractivity contribution in [1.82, 2.24) is 0 Å². The number of hydrogen-bond donors (Lipinski definition) is 0. The lowest BCUT2D eigenvalue weighted by Crippen LogP contribution is -1.99. The van der Waals surface area contributed by atoms with Gasteiger partial charge in [0, 0.05) is 6.42 Å². The van der Waals surface area contributed by atoms with Gasteiger partial charge in [0.1, 0.15) is 17.3 Å². The minimum Gasteiger partial charge on any atom is -0.494 e. The number of Topliss-reactive ketones (excluding diaryl/α,β-unsaturated/α-hetero) is 1. The van der Waals surface area contributed by atoms with Gasteiger partial charge in [0.2, 0.25) is 0 Å². The molecule has 0 saturated heterocycles. The molecular formula is C14H20O3. The molecule has 3 heteroatoms. The lowest BCUT2D eigenvalue weighted by Gasteiger charge is -2.07. The second-order valence-corrected chi connectivity index (χ2v) is 3.91. The zero-order valence-corrected chi connectivity index (χ0v) is 10.6. The standard InChI is InChI=1S/C14H20O3/c1-3-16-13-7-9-14(10-8-13)17-11-5-4-6-12(2)15/h7-10H,3-6,11H2,1-2H3.